The molecule has 0 bridgehead atoms. The van der Waals surface area contributed by atoms with Gasteiger partial charge in [-0.3, -0.25) is 19.2 Å². The molecule has 13 heteroatoms. The number of hydrogen-bond acceptors (Lipinski definition) is 8. The topological polar surface area (TPSA) is 137 Å². The van der Waals surface area contributed by atoms with Crippen LogP contribution in [0.3, 0.4) is 0 Å². The first-order chi connectivity index (χ1) is 17.5. The van der Waals surface area contributed by atoms with Gasteiger partial charge in [0.2, 0.25) is 5.91 Å². The normalized spacial score (nSPS) is 10.9. The van der Waals surface area contributed by atoms with Crippen LogP contribution >= 0.6 is 11.6 Å². The molecule has 1 amide bonds. The third kappa shape index (κ3) is 6.04. The third-order valence-corrected chi connectivity index (χ3v) is 7.43. The standard InChI is InChI=1S/C24H24ClN3O8S/c1-15-5-10-18(11-21(15)28(30)31)37(32,33)27(16-6-8-17(34-2)9-7-16)14-24(29)26-20-13-22(35-3)19(25)12-23(20)36-4/h5-13H,14H2,1-4H3,(H,26,29). The lowest BCUT2D eigenvalue weighted by molar-refractivity contribution is -0.385. The Kier molecular flexibility index (Phi) is 8.46. The lowest BCUT2D eigenvalue weighted by atomic mass is 10.2. The number of benzene rings is 3. The number of aryl methyl sites for hydroxylation is 1. The van der Waals surface area contributed by atoms with Crippen LogP contribution in [0.4, 0.5) is 17.1 Å². The largest absolute Gasteiger partial charge is 0.497 e. The van der Waals surface area contributed by atoms with Gasteiger partial charge in [-0.05, 0) is 37.3 Å². The van der Waals surface area contributed by atoms with Gasteiger partial charge in [-0.25, -0.2) is 8.42 Å². The van der Waals surface area contributed by atoms with E-state index in [2.05, 4.69) is 5.32 Å². The molecule has 37 heavy (non-hydrogen) atoms. The Labute approximate surface area is 218 Å². The summed E-state index contributed by atoms with van der Waals surface area (Å²) in [6, 6.07) is 12.4. The van der Waals surface area contributed by atoms with E-state index in [-0.39, 0.29) is 38.5 Å². The van der Waals surface area contributed by atoms with Crippen molar-refractivity contribution in [2.24, 2.45) is 0 Å². The number of amides is 1. The van der Waals surface area contributed by atoms with E-state index in [0.29, 0.717) is 11.3 Å². The Morgan fingerprint density at radius 3 is 2.22 bits per heavy atom. The second-order valence-electron chi connectivity index (χ2n) is 7.65. The molecule has 0 atom stereocenters. The molecule has 0 fully saturated rings. The quantitative estimate of drug-likeness (QED) is 0.290. The van der Waals surface area contributed by atoms with Crippen LogP contribution in [0.15, 0.2) is 59.5 Å². The molecule has 0 saturated heterocycles. The van der Waals surface area contributed by atoms with Crippen molar-refractivity contribution in [2.45, 2.75) is 11.8 Å². The lowest BCUT2D eigenvalue weighted by Crippen LogP contribution is -2.38. The van der Waals surface area contributed by atoms with Crippen LogP contribution in [0.5, 0.6) is 17.2 Å². The average molecular weight is 550 g/mol. The predicted molar refractivity (Wildman–Crippen MR) is 139 cm³/mol. The van der Waals surface area contributed by atoms with Crippen LogP contribution in [0, 0.1) is 17.0 Å². The van der Waals surface area contributed by atoms with Crippen LogP contribution in [0.1, 0.15) is 5.56 Å². The molecule has 0 spiro atoms. The molecule has 0 radical (unpaired) electrons. The number of carbonyl (C=O) groups excluding carboxylic acids is 1. The van der Waals surface area contributed by atoms with Crippen molar-refractivity contribution in [2.75, 3.05) is 37.5 Å². The summed E-state index contributed by atoms with van der Waals surface area (Å²) in [5, 5.41) is 14.3. The van der Waals surface area contributed by atoms with Crippen molar-refractivity contribution in [3.05, 3.63) is 75.3 Å². The SMILES string of the molecule is COc1ccc(N(CC(=O)Nc2cc(OC)c(Cl)cc2OC)S(=O)(=O)c2ccc(C)c([N+](=O)[O-])c2)cc1. The second kappa shape index (κ2) is 11.4. The first-order valence-electron chi connectivity index (χ1n) is 10.6. The number of carbonyl (C=O) groups is 1. The van der Waals surface area contributed by atoms with Crippen molar-refractivity contribution in [3.8, 4) is 17.2 Å². The van der Waals surface area contributed by atoms with E-state index >= 15 is 0 Å². The second-order valence-corrected chi connectivity index (χ2v) is 9.92. The molecule has 3 aromatic carbocycles. The number of nitrogens with zero attached hydrogens (tertiary/aromatic N) is 2. The number of sulfonamides is 1. The van der Waals surface area contributed by atoms with E-state index in [1.165, 1.54) is 76.8 Å². The van der Waals surface area contributed by atoms with Crippen molar-refractivity contribution in [1.82, 2.24) is 0 Å². The summed E-state index contributed by atoms with van der Waals surface area (Å²) in [5.74, 6) is 0.245. The van der Waals surface area contributed by atoms with Crippen LogP contribution < -0.4 is 23.8 Å². The van der Waals surface area contributed by atoms with Gasteiger partial charge in [-0.2, -0.15) is 0 Å². The summed E-state index contributed by atoms with van der Waals surface area (Å²) < 4.78 is 43.7. The number of nitro benzene ring substituents is 1. The van der Waals surface area contributed by atoms with Gasteiger partial charge in [-0.1, -0.05) is 17.7 Å². The van der Waals surface area contributed by atoms with Crippen molar-refractivity contribution in [1.29, 1.82) is 0 Å². The van der Waals surface area contributed by atoms with E-state index in [0.717, 1.165) is 10.4 Å². The molecule has 0 heterocycles. The molecule has 3 aromatic rings. The maximum absolute atomic E-state index is 13.7. The summed E-state index contributed by atoms with van der Waals surface area (Å²) in [7, 11) is -0.182. The molecular weight excluding hydrogens is 526 g/mol. The van der Waals surface area contributed by atoms with Gasteiger partial charge >= 0.3 is 0 Å². The van der Waals surface area contributed by atoms with Crippen LogP contribution in [-0.2, 0) is 14.8 Å². The van der Waals surface area contributed by atoms with E-state index in [9.17, 15) is 23.3 Å². The van der Waals surface area contributed by atoms with Gasteiger partial charge in [0.1, 0.15) is 23.8 Å². The van der Waals surface area contributed by atoms with Crippen LogP contribution in [0.2, 0.25) is 5.02 Å². The highest BCUT2D eigenvalue weighted by atomic mass is 35.5. The number of rotatable bonds is 10. The smallest absolute Gasteiger partial charge is 0.273 e. The zero-order valence-corrected chi connectivity index (χ0v) is 21.9. The predicted octanol–water partition coefficient (Wildman–Crippen LogP) is 4.42. The van der Waals surface area contributed by atoms with Crippen LogP contribution in [-0.4, -0.2) is 47.1 Å². The molecule has 1 N–H and O–H groups in total. The van der Waals surface area contributed by atoms with E-state index in [4.69, 9.17) is 25.8 Å². The third-order valence-electron chi connectivity index (χ3n) is 5.36. The molecule has 0 aliphatic carbocycles. The Hall–Kier alpha value is -4.03. The number of anilines is 2. The summed E-state index contributed by atoms with van der Waals surface area (Å²) in [4.78, 5) is 23.5. The Bertz CT molecular complexity index is 1430. The zero-order chi connectivity index (χ0) is 27.3. The first kappa shape index (κ1) is 27.6. The molecular formula is C24H24ClN3O8S. The highest BCUT2D eigenvalue weighted by Crippen LogP contribution is 2.36. The monoisotopic (exact) mass is 549 g/mol. The minimum absolute atomic E-state index is 0.139. The number of hydrogen-bond donors (Lipinski definition) is 1. The van der Waals surface area contributed by atoms with Gasteiger partial charge in [0.25, 0.3) is 15.7 Å². The minimum Gasteiger partial charge on any atom is -0.497 e. The highest BCUT2D eigenvalue weighted by Gasteiger charge is 2.30. The molecule has 3 rings (SSSR count). The number of halogens is 1. The van der Waals surface area contributed by atoms with Gasteiger partial charge in [-0.15, -0.1) is 0 Å². The maximum Gasteiger partial charge on any atom is 0.273 e. The number of nitrogens with one attached hydrogen (secondary N) is 1. The van der Waals surface area contributed by atoms with Gasteiger partial charge in [0.05, 0.1) is 47.5 Å². The van der Waals surface area contributed by atoms with Gasteiger partial charge in [0.15, 0.2) is 0 Å². The first-order valence-corrected chi connectivity index (χ1v) is 12.5. The lowest BCUT2D eigenvalue weighted by Gasteiger charge is -2.24. The van der Waals surface area contributed by atoms with Crippen LogP contribution in [0.25, 0.3) is 0 Å². The molecule has 196 valence electrons. The van der Waals surface area contributed by atoms with Gasteiger partial charge < -0.3 is 19.5 Å². The van der Waals surface area contributed by atoms with E-state index in [1.807, 2.05) is 0 Å². The summed E-state index contributed by atoms with van der Waals surface area (Å²) >= 11 is 6.12. The van der Waals surface area contributed by atoms with Crippen molar-refractivity contribution >= 4 is 44.6 Å². The Morgan fingerprint density at radius 1 is 1.00 bits per heavy atom. The average Bonchev–Trinajstić information content (AvgIpc) is 2.88. The molecule has 0 saturated carbocycles. The maximum atomic E-state index is 13.7. The Balaban J connectivity index is 2.04. The fourth-order valence-electron chi connectivity index (χ4n) is 3.42. The fourth-order valence-corrected chi connectivity index (χ4v) is 5.09. The molecule has 0 aliphatic rings. The molecule has 0 aliphatic heterocycles. The number of nitro groups is 1. The number of methoxy groups -OCH3 is 3. The molecule has 11 nitrogen and oxygen atoms in total. The fraction of sp³-hybridized carbons (Fsp3) is 0.208. The Morgan fingerprint density at radius 2 is 1.65 bits per heavy atom. The van der Waals surface area contributed by atoms with E-state index < -0.39 is 27.4 Å². The molecule has 0 aromatic heterocycles. The summed E-state index contributed by atoms with van der Waals surface area (Å²) in [6.07, 6.45) is 0. The minimum atomic E-state index is -4.42. The van der Waals surface area contributed by atoms with Crippen molar-refractivity contribution in [3.63, 3.8) is 0 Å². The zero-order valence-electron chi connectivity index (χ0n) is 20.3. The van der Waals surface area contributed by atoms with Crippen molar-refractivity contribution < 1.29 is 32.3 Å². The highest BCUT2D eigenvalue weighted by molar-refractivity contribution is 7.92. The van der Waals surface area contributed by atoms with E-state index in [1.54, 1.807) is 0 Å². The number of ether oxygens (including phenoxy) is 3. The summed E-state index contributed by atoms with van der Waals surface area (Å²) in [5.41, 5.74) is 0.270. The van der Waals surface area contributed by atoms with Gasteiger partial charge in [0, 0.05) is 23.8 Å². The molecule has 0 unspecified atom stereocenters. The summed E-state index contributed by atoms with van der Waals surface area (Å²) in [6.45, 7) is 0.835.